The van der Waals surface area contributed by atoms with Gasteiger partial charge in [-0.2, -0.15) is 5.10 Å². The molecule has 3 nitrogen and oxygen atoms in total. The maximum Gasteiger partial charge on any atom is 0.0718 e. The van der Waals surface area contributed by atoms with Crippen LogP contribution in [0.1, 0.15) is 38.3 Å². The summed E-state index contributed by atoms with van der Waals surface area (Å²) in [5.74, 6) is 2.59. The molecule has 0 aliphatic heterocycles. The maximum atomic E-state index is 6.59. The Morgan fingerprint density at radius 3 is 2.86 bits per heavy atom. The Hall–Kier alpha value is -1.35. The average molecular weight is 283 g/mol. The number of para-hydroxylation sites is 1. The van der Waals surface area contributed by atoms with Crippen molar-refractivity contribution >= 4 is 10.9 Å². The van der Waals surface area contributed by atoms with E-state index in [2.05, 4.69) is 35.9 Å². The topological polar surface area (TPSA) is 43.8 Å². The molecule has 2 aliphatic carbocycles. The smallest absolute Gasteiger partial charge is 0.0718 e. The lowest BCUT2D eigenvalue weighted by atomic mass is 9.82. The molecule has 2 N–H and O–H groups in total. The Labute approximate surface area is 126 Å². The van der Waals surface area contributed by atoms with E-state index in [-0.39, 0.29) is 6.04 Å². The Kier molecular flexibility index (Phi) is 3.26. The summed E-state index contributed by atoms with van der Waals surface area (Å²) in [6, 6.07) is 8.84. The first-order valence-corrected chi connectivity index (χ1v) is 8.46. The molecule has 2 saturated carbocycles. The van der Waals surface area contributed by atoms with Crippen LogP contribution >= 0.6 is 0 Å². The molecule has 3 heteroatoms. The van der Waals surface area contributed by atoms with Gasteiger partial charge in [0.1, 0.15) is 0 Å². The molecule has 112 valence electrons. The second-order valence-electron chi connectivity index (χ2n) is 6.99. The molecule has 0 spiro atoms. The molecule has 2 bridgehead atoms. The normalized spacial score (nSPS) is 29.3. The number of aryl methyl sites for hydroxylation is 1. The number of benzene rings is 1. The monoisotopic (exact) mass is 283 g/mol. The standard InChI is InChI=1S/C18H25N3/c1-2-21-18-6-4-3-5-14(18)17(20-21)11-16(19)15-10-12-7-8-13(15)9-12/h3-6,12-13,15-16H,2,7-11,19H2,1H3. The first-order chi connectivity index (χ1) is 10.3. The highest BCUT2D eigenvalue weighted by molar-refractivity contribution is 5.82. The van der Waals surface area contributed by atoms with E-state index in [1.807, 2.05) is 0 Å². The minimum Gasteiger partial charge on any atom is -0.327 e. The lowest BCUT2D eigenvalue weighted by molar-refractivity contribution is 0.279. The van der Waals surface area contributed by atoms with Crippen LogP contribution in [0.25, 0.3) is 10.9 Å². The largest absolute Gasteiger partial charge is 0.327 e. The lowest BCUT2D eigenvalue weighted by Crippen LogP contribution is -2.35. The fourth-order valence-electron chi connectivity index (χ4n) is 4.78. The molecular weight excluding hydrogens is 258 g/mol. The van der Waals surface area contributed by atoms with Crippen molar-refractivity contribution in [1.29, 1.82) is 0 Å². The molecule has 1 aromatic heterocycles. The van der Waals surface area contributed by atoms with E-state index in [4.69, 9.17) is 10.8 Å². The summed E-state index contributed by atoms with van der Waals surface area (Å²) < 4.78 is 2.11. The van der Waals surface area contributed by atoms with Crippen LogP contribution in [0.4, 0.5) is 0 Å². The third-order valence-electron chi connectivity index (χ3n) is 5.81. The third kappa shape index (κ3) is 2.18. The number of hydrogen-bond donors (Lipinski definition) is 1. The Bertz CT molecular complexity index is 645. The van der Waals surface area contributed by atoms with Gasteiger partial charge in [-0.3, -0.25) is 4.68 Å². The van der Waals surface area contributed by atoms with Crippen LogP contribution in [0, 0.1) is 17.8 Å². The summed E-state index contributed by atoms with van der Waals surface area (Å²) in [4.78, 5) is 0. The summed E-state index contributed by atoms with van der Waals surface area (Å²) in [6.45, 7) is 3.07. The van der Waals surface area contributed by atoms with Crippen molar-refractivity contribution in [2.45, 2.75) is 51.6 Å². The fraction of sp³-hybridized carbons (Fsp3) is 0.611. The molecule has 4 rings (SSSR count). The second-order valence-corrected chi connectivity index (χ2v) is 6.99. The second kappa shape index (κ2) is 5.13. The molecule has 0 radical (unpaired) electrons. The van der Waals surface area contributed by atoms with Gasteiger partial charge < -0.3 is 5.73 Å². The van der Waals surface area contributed by atoms with Gasteiger partial charge in [0, 0.05) is 24.4 Å². The van der Waals surface area contributed by atoms with Crippen molar-refractivity contribution in [2.75, 3.05) is 0 Å². The van der Waals surface area contributed by atoms with Crippen LogP contribution in [-0.4, -0.2) is 15.8 Å². The summed E-state index contributed by atoms with van der Waals surface area (Å²) in [7, 11) is 0. The van der Waals surface area contributed by atoms with Gasteiger partial charge in [0.05, 0.1) is 11.2 Å². The van der Waals surface area contributed by atoms with E-state index in [1.54, 1.807) is 0 Å². The number of fused-ring (bicyclic) bond motifs is 3. The van der Waals surface area contributed by atoms with Crippen molar-refractivity contribution in [3.05, 3.63) is 30.0 Å². The summed E-state index contributed by atoms with van der Waals surface area (Å²) >= 11 is 0. The summed E-state index contributed by atoms with van der Waals surface area (Å²) in [5, 5.41) is 6.11. The van der Waals surface area contributed by atoms with E-state index in [9.17, 15) is 0 Å². The van der Waals surface area contributed by atoms with Gasteiger partial charge in [0.15, 0.2) is 0 Å². The van der Waals surface area contributed by atoms with Crippen LogP contribution in [0.2, 0.25) is 0 Å². The molecule has 1 aromatic carbocycles. The molecule has 21 heavy (non-hydrogen) atoms. The predicted molar refractivity (Wildman–Crippen MR) is 86.0 cm³/mol. The van der Waals surface area contributed by atoms with Crippen LogP contribution in [0.15, 0.2) is 24.3 Å². The minimum atomic E-state index is 0.281. The van der Waals surface area contributed by atoms with Gasteiger partial charge in [-0.25, -0.2) is 0 Å². The molecule has 4 unspecified atom stereocenters. The van der Waals surface area contributed by atoms with Crippen molar-refractivity contribution in [3.8, 4) is 0 Å². The quantitative estimate of drug-likeness (QED) is 0.935. The molecule has 2 aliphatic rings. The van der Waals surface area contributed by atoms with Gasteiger partial charge in [0.2, 0.25) is 0 Å². The van der Waals surface area contributed by atoms with Gasteiger partial charge in [0.25, 0.3) is 0 Å². The highest BCUT2D eigenvalue weighted by atomic mass is 15.3. The lowest BCUT2D eigenvalue weighted by Gasteiger charge is -2.27. The van der Waals surface area contributed by atoms with Crippen molar-refractivity contribution in [1.82, 2.24) is 9.78 Å². The summed E-state index contributed by atoms with van der Waals surface area (Å²) in [5.41, 5.74) is 9.03. The predicted octanol–water partition coefficient (Wildman–Crippen LogP) is 3.36. The number of aromatic nitrogens is 2. The summed E-state index contributed by atoms with van der Waals surface area (Å²) in [6.07, 6.45) is 6.58. The Morgan fingerprint density at radius 2 is 2.14 bits per heavy atom. The SMILES string of the molecule is CCn1nc(CC(N)C2CC3CCC2C3)c2ccccc21. The highest BCUT2D eigenvalue weighted by Crippen LogP contribution is 2.49. The zero-order valence-electron chi connectivity index (χ0n) is 12.8. The Balaban J connectivity index is 1.59. The van der Waals surface area contributed by atoms with E-state index in [1.165, 1.54) is 42.3 Å². The number of hydrogen-bond acceptors (Lipinski definition) is 2. The molecule has 2 fully saturated rings. The van der Waals surface area contributed by atoms with Crippen molar-refractivity contribution in [3.63, 3.8) is 0 Å². The molecule has 0 amide bonds. The van der Waals surface area contributed by atoms with E-state index in [0.29, 0.717) is 0 Å². The van der Waals surface area contributed by atoms with Gasteiger partial charge in [-0.1, -0.05) is 24.6 Å². The molecule has 0 saturated heterocycles. The van der Waals surface area contributed by atoms with Crippen LogP contribution in [0.5, 0.6) is 0 Å². The van der Waals surface area contributed by atoms with E-state index < -0.39 is 0 Å². The molecule has 4 atom stereocenters. The van der Waals surface area contributed by atoms with Gasteiger partial charge >= 0.3 is 0 Å². The number of nitrogens with zero attached hydrogens (tertiary/aromatic N) is 2. The van der Waals surface area contributed by atoms with Crippen molar-refractivity contribution in [2.24, 2.45) is 23.5 Å². The minimum absolute atomic E-state index is 0.281. The molecule has 1 heterocycles. The van der Waals surface area contributed by atoms with Gasteiger partial charge in [-0.15, -0.1) is 0 Å². The number of nitrogens with two attached hydrogens (primary N) is 1. The fourth-order valence-corrected chi connectivity index (χ4v) is 4.78. The first-order valence-electron chi connectivity index (χ1n) is 8.46. The van der Waals surface area contributed by atoms with Crippen LogP contribution in [0.3, 0.4) is 0 Å². The van der Waals surface area contributed by atoms with Gasteiger partial charge in [-0.05, 0) is 50.0 Å². The zero-order valence-corrected chi connectivity index (χ0v) is 12.8. The van der Waals surface area contributed by atoms with Crippen LogP contribution in [-0.2, 0) is 13.0 Å². The average Bonchev–Trinajstić information content (AvgIpc) is 3.21. The highest BCUT2D eigenvalue weighted by Gasteiger charge is 2.42. The van der Waals surface area contributed by atoms with Crippen LogP contribution < -0.4 is 5.73 Å². The van der Waals surface area contributed by atoms with E-state index >= 15 is 0 Å². The number of rotatable bonds is 4. The van der Waals surface area contributed by atoms with E-state index in [0.717, 1.165) is 30.7 Å². The van der Waals surface area contributed by atoms with Crippen molar-refractivity contribution < 1.29 is 0 Å². The molecular formula is C18H25N3. The zero-order chi connectivity index (χ0) is 14.4. The first kappa shape index (κ1) is 13.3. The molecule has 2 aromatic rings. The third-order valence-corrected chi connectivity index (χ3v) is 5.81. The maximum absolute atomic E-state index is 6.59. The Morgan fingerprint density at radius 1 is 1.29 bits per heavy atom.